The van der Waals surface area contributed by atoms with Crippen LogP contribution in [0.1, 0.15) is 29.5 Å². The summed E-state index contributed by atoms with van der Waals surface area (Å²) in [6.45, 7) is 0.588. The van der Waals surface area contributed by atoms with Gasteiger partial charge in [-0.15, -0.1) is 0 Å². The molecule has 5 nitrogen and oxygen atoms in total. The van der Waals surface area contributed by atoms with Crippen LogP contribution >= 0.6 is 23.2 Å². The lowest BCUT2D eigenvalue weighted by Crippen LogP contribution is -2.44. The Bertz CT molecular complexity index is 1350. The van der Waals surface area contributed by atoms with E-state index in [1.165, 1.54) is 20.8 Å². The quantitative estimate of drug-likeness (QED) is 0.505. The molecule has 1 heterocycles. The van der Waals surface area contributed by atoms with E-state index >= 15 is 0 Å². The van der Waals surface area contributed by atoms with Gasteiger partial charge in [0.05, 0.1) is 21.7 Å². The lowest BCUT2D eigenvalue weighted by atomic mass is 9.98. The average Bonchev–Trinajstić information content (AvgIpc) is 3.23. The molecule has 5 rings (SSSR count). The number of hydrogen-bond donors (Lipinski definition) is 1. The highest BCUT2D eigenvalue weighted by Gasteiger charge is 2.33. The number of piperidine rings is 1. The van der Waals surface area contributed by atoms with E-state index < -0.39 is 15.9 Å². The van der Waals surface area contributed by atoms with Gasteiger partial charge in [0.2, 0.25) is 15.9 Å². The highest BCUT2D eigenvalue weighted by Crippen LogP contribution is 2.35. The van der Waals surface area contributed by atoms with Crippen molar-refractivity contribution in [3.63, 3.8) is 0 Å². The number of anilines is 1. The van der Waals surface area contributed by atoms with E-state index in [4.69, 9.17) is 23.2 Å². The molecule has 0 aromatic heterocycles. The van der Waals surface area contributed by atoms with E-state index in [1.54, 1.807) is 18.2 Å². The number of benzene rings is 3. The van der Waals surface area contributed by atoms with Gasteiger partial charge in [0, 0.05) is 24.2 Å². The van der Waals surface area contributed by atoms with Crippen LogP contribution in [-0.2, 0) is 33.4 Å². The second-order valence-corrected chi connectivity index (χ2v) is 11.6. The van der Waals surface area contributed by atoms with Crippen molar-refractivity contribution in [2.45, 2.75) is 31.4 Å². The lowest BCUT2D eigenvalue weighted by molar-refractivity contribution is -0.120. The Morgan fingerprint density at radius 2 is 1.82 bits per heavy atom. The highest BCUT2D eigenvalue weighted by atomic mass is 35.5. The van der Waals surface area contributed by atoms with Crippen molar-refractivity contribution in [2.24, 2.45) is 5.92 Å². The van der Waals surface area contributed by atoms with E-state index in [0.717, 1.165) is 23.9 Å². The number of rotatable bonds is 5. The van der Waals surface area contributed by atoms with Gasteiger partial charge in [-0.3, -0.25) is 4.79 Å². The molecule has 3 aromatic carbocycles. The third-order valence-electron chi connectivity index (χ3n) is 6.62. The summed E-state index contributed by atoms with van der Waals surface area (Å²) in [7, 11) is -3.59. The van der Waals surface area contributed by atoms with Crippen LogP contribution in [0.5, 0.6) is 0 Å². The van der Waals surface area contributed by atoms with Crippen LogP contribution in [0.25, 0.3) is 10.8 Å². The van der Waals surface area contributed by atoms with Crippen molar-refractivity contribution in [2.75, 3.05) is 18.4 Å². The van der Waals surface area contributed by atoms with Gasteiger partial charge in [-0.1, -0.05) is 53.5 Å². The minimum absolute atomic E-state index is 0.136. The predicted molar refractivity (Wildman–Crippen MR) is 133 cm³/mol. The Labute approximate surface area is 203 Å². The zero-order valence-electron chi connectivity index (χ0n) is 18.0. The van der Waals surface area contributed by atoms with Crippen LogP contribution < -0.4 is 5.32 Å². The second-order valence-electron chi connectivity index (χ2n) is 8.80. The Morgan fingerprint density at radius 3 is 2.61 bits per heavy atom. The van der Waals surface area contributed by atoms with Gasteiger partial charge in [0.1, 0.15) is 0 Å². The van der Waals surface area contributed by atoms with Crippen molar-refractivity contribution in [1.29, 1.82) is 0 Å². The molecular weight excluding hydrogens is 479 g/mol. The van der Waals surface area contributed by atoms with Crippen molar-refractivity contribution in [3.05, 3.63) is 75.3 Å². The summed E-state index contributed by atoms with van der Waals surface area (Å²) < 4.78 is 27.5. The third-order valence-corrected chi connectivity index (χ3v) is 9.17. The average molecular weight is 503 g/mol. The fraction of sp³-hybridized carbons (Fsp3) is 0.320. The maximum absolute atomic E-state index is 13.1. The molecule has 1 N–H and O–H groups in total. The molecule has 1 aliphatic heterocycles. The molecule has 172 valence electrons. The number of amides is 1. The molecular formula is C25H24Cl2N2O3S. The van der Waals surface area contributed by atoms with Crippen LogP contribution in [0.2, 0.25) is 10.0 Å². The SMILES string of the molecule is O=C(Nc1ccc2c3c(cccc13)CC2)[C@H]1CCCN(S(=O)(=O)Cc2ccc(Cl)c(Cl)c2)C1. The van der Waals surface area contributed by atoms with E-state index in [2.05, 4.69) is 17.4 Å². The van der Waals surface area contributed by atoms with E-state index in [-0.39, 0.29) is 18.2 Å². The number of hydrogen-bond acceptors (Lipinski definition) is 3. The minimum Gasteiger partial charge on any atom is -0.325 e. The molecule has 8 heteroatoms. The molecule has 33 heavy (non-hydrogen) atoms. The van der Waals surface area contributed by atoms with Crippen LogP contribution in [0.4, 0.5) is 5.69 Å². The van der Waals surface area contributed by atoms with Crippen molar-refractivity contribution in [3.8, 4) is 0 Å². The smallest absolute Gasteiger partial charge is 0.228 e. The third kappa shape index (κ3) is 4.50. The first-order chi connectivity index (χ1) is 15.8. The minimum atomic E-state index is -3.59. The number of carbonyl (C=O) groups excluding carboxylic acids is 1. The van der Waals surface area contributed by atoms with Crippen LogP contribution in [0.15, 0.2) is 48.5 Å². The largest absolute Gasteiger partial charge is 0.325 e. The van der Waals surface area contributed by atoms with Crippen molar-refractivity contribution in [1.82, 2.24) is 4.31 Å². The van der Waals surface area contributed by atoms with E-state index in [0.29, 0.717) is 35.0 Å². The summed E-state index contributed by atoms with van der Waals surface area (Å²) in [4.78, 5) is 13.1. The van der Waals surface area contributed by atoms with Crippen LogP contribution in [-0.4, -0.2) is 31.7 Å². The first-order valence-electron chi connectivity index (χ1n) is 11.1. The second kappa shape index (κ2) is 8.91. The summed E-state index contributed by atoms with van der Waals surface area (Å²) in [5, 5.41) is 6.08. The normalized spacial score (nSPS) is 18.5. The molecule has 0 bridgehead atoms. The topological polar surface area (TPSA) is 66.5 Å². The Kier molecular flexibility index (Phi) is 6.12. The Hall–Kier alpha value is -2.12. The maximum atomic E-state index is 13.1. The maximum Gasteiger partial charge on any atom is 0.228 e. The summed E-state index contributed by atoms with van der Waals surface area (Å²) in [5.74, 6) is -0.707. The molecule has 1 aliphatic carbocycles. The van der Waals surface area contributed by atoms with Gasteiger partial charge in [-0.25, -0.2) is 12.7 Å². The molecule has 0 radical (unpaired) electrons. The monoisotopic (exact) mass is 502 g/mol. The molecule has 3 aromatic rings. The number of nitrogens with zero attached hydrogens (tertiary/aromatic N) is 1. The molecule has 2 aliphatic rings. The predicted octanol–water partition coefficient (Wildman–Crippen LogP) is 5.43. The summed E-state index contributed by atoms with van der Waals surface area (Å²) in [6, 6.07) is 15.1. The van der Waals surface area contributed by atoms with Crippen LogP contribution in [0.3, 0.4) is 0 Å². The standard InChI is InChI=1S/C25H24Cl2N2O3S/c26-21-10-6-16(13-22(21)27)15-33(31,32)29-12-2-4-19(14-29)25(30)28-23-11-9-18-8-7-17-3-1-5-20(23)24(17)18/h1,3,5-6,9-11,13,19H,2,4,7-8,12,14-15H2,(H,28,30)/t19-/m0/s1. The van der Waals surface area contributed by atoms with Gasteiger partial charge in [0.15, 0.2) is 0 Å². The van der Waals surface area contributed by atoms with Gasteiger partial charge < -0.3 is 5.32 Å². The van der Waals surface area contributed by atoms with Crippen molar-refractivity contribution >= 4 is 55.6 Å². The molecule has 1 amide bonds. The molecule has 1 atom stereocenters. The number of halogens is 2. The van der Waals surface area contributed by atoms with E-state index in [1.807, 2.05) is 18.2 Å². The molecule has 1 saturated heterocycles. The molecule has 0 saturated carbocycles. The fourth-order valence-electron chi connectivity index (χ4n) is 4.93. The number of nitrogens with one attached hydrogen (secondary N) is 1. The summed E-state index contributed by atoms with van der Waals surface area (Å²) >= 11 is 12.0. The Morgan fingerprint density at radius 1 is 1.03 bits per heavy atom. The molecule has 0 spiro atoms. The zero-order chi connectivity index (χ0) is 23.2. The highest BCUT2D eigenvalue weighted by molar-refractivity contribution is 7.88. The van der Waals surface area contributed by atoms with Crippen molar-refractivity contribution < 1.29 is 13.2 Å². The van der Waals surface area contributed by atoms with Gasteiger partial charge in [-0.05, 0) is 66.0 Å². The number of carbonyl (C=O) groups is 1. The zero-order valence-corrected chi connectivity index (χ0v) is 20.3. The van der Waals surface area contributed by atoms with E-state index in [9.17, 15) is 13.2 Å². The Balaban J connectivity index is 1.31. The fourth-order valence-corrected chi connectivity index (χ4v) is 6.85. The summed E-state index contributed by atoms with van der Waals surface area (Å²) in [6.07, 6.45) is 3.35. The lowest BCUT2D eigenvalue weighted by Gasteiger charge is -2.31. The first-order valence-corrected chi connectivity index (χ1v) is 13.4. The number of aryl methyl sites for hydroxylation is 2. The first kappa shape index (κ1) is 22.7. The van der Waals surface area contributed by atoms with Crippen LogP contribution in [0, 0.1) is 5.92 Å². The molecule has 0 unspecified atom stereocenters. The van der Waals surface area contributed by atoms with Gasteiger partial charge in [0.25, 0.3) is 0 Å². The summed E-state index contributed by atoms with van der Waals surface area (Å²) in [5.41, 5.74) is 3.99. The van der Waals surface area contributed by atoms with Gasteiger partial charge >= 0.3 is 0 Å². The number of sulfonamides is 1. The molecule has 1 fully saturated rings. The van der Waals surface area contributed by atoms with Gasteiger partial charge in [-0.2, -0.15) is 0 Å².